The highest BCUT2D eigenvalue weighted by Crippen LogP contribution is 2.17. The predicted molar refractivity (Wildman–Crippen MR) is 54.7 cm³/mol. The molecule has 1 aromatic carbocycles. The molecular formula is C10H9BrF2O2. The van der Waals surface area contributed by atoms with Crippen molar-refractivity contribution in [2.75, 3.05) is 7.11 Å². The van der Waals surface area contributed by atoms with Gasteiger partial charge in [0.1, 0.15) is 0 Å². The number of esters is 1. The summed E-state index contributed by atoms with van der Waals surface area (Å²) in [6.07, 6.45) is -0.264. The quantitative estimate of drug-likeness (QED) is 0.628. The molecule has 0 N–H and O–H groups in total. The van der Waals surface area contributed by atoms with Crippen molar-refractivity contribution in [3.63, 3.8) is 0 Å². The SMILES string of the molecule is COC(=O)Cc1cc(CBr)cc(F)c1F. The summed E-state index contributed by atoms with van der Waals surface area (Å²) in [6.45, 7) is 0. The molecule has 82 valence electrons. The standard InChI is InChI=1S/C10H9BrF2O2/c1-15-9(14)4-7-2-6(5-11)3-8(12)10(7)13/h2-3H,4-5H2,1H3. The van der Waals surface area contributed by atoms with Crippen molar-refractivity contribution in [1.82, 2.24) is 0 Å². The number of benzene rings is 1. The van der Waals surface area contributed by atoms with E-state index in [0.29, 0.717) is 10.9 Å². The Morgan fingerprint density at radius 1 is 1.47 bits per heavy atom. The van der Waals surface area contributed by atoms with Gasteiger partial charge < -0.3 is 4.74 Å². The lowest BCUT2D eigenvalue weighted by Gasteiger charge is -2.05. The second-order valence-electron chi connectivity index (χ2n) is 2.94. The molecule has 0 bridgehead atoms. The van der Waals surface area contributed by atoms with E-state index in [9.17, 15) is 13.6 Å². The highest BCUT2D eigenvalue weighted by molar-refractivity contribution is 9.08. The summed E-state index contributed by atoms with van der Waals surface area (Å²) in [5.74, 6) is -2.55. The van der Waals surface area contributed by atoms with E-state index < -0.39 is 17.6 Å². The van der Waals surface area contributed by atoms with Gasteiger partial charge in [-0.05, 0) is 11.6 Å². The van der Waals surface area contributed by atoms with Gasteiger partial charge in [0.2, 0.25) is 0 Å². The molecular weight excluding hydrogens is 270 g/mol. The molecule has 0 saturated carbocycles. The van der Waals surface area contributed by atoms with Gasteiger partial charge in [0.15, 0.2) is 11.6 Å². The fourth-order valence-electron chi connectivity index (χ4n) is 1.14. The number of hydrogen-bond acceptors (Lipinski definition) is 2. The van der Waals surface area contributed by atoms with Crippen LogP contribution in [-0.4, -0.2) is 13.1 Å². The van der Waals surface area contributed by atoms with E-state index in [1.54, 1.807) is 0 Å². The summed E-state index contributed by atoms with van der Waals surface area (Å²) < 4.78 is 30.6. The Morgan fingerprint density at radius 3 is 2.67 bits per heavy atom. The first-order chi connectivity index (χ1) is 7.08. The summed E-state index contributed by atoms with van der Waals surface area (Å²) >= 11 is 3.13. The molecule has 0 fully saturated rings. The molecule has 0 aliphatic heterocycles. The Morgan fingerprint density at radius 2 is 2.13 bits per heavy atom. The smallest absolute Gasteiger partial charge is 0.310 e. The average molecular weight is 279 g/mol. The lowest BCUT2D eigenvalue weighted by atomic mass is 10.1. The van der Waals surface area contributed by atoms with Gasteiger partial charge >= 0.3 is 5.97 Å². The van der Waals surface area contributed by atoms with Crippen LogP contribution < -0.4 is 0 Å². The van der Waals surface area contributed by atoms with Crippen molar-refractivity contribution in [2.24, 2.45) is 0 Å². The average Bonchev–Trinajstić information content (AvgIpc) is 2.24. The third-order valence-corrected chi connectivity index (χ3v) is 2.53. The zero-order valence-electron chi connectivity index (χ0n) is 8.02. The van der Waals surface area contributed by atoms with Crippen molar-refractivity contribution in [1.29, 1.82) is 0 Å². The number of carbonyl (C=O) groups is 1. The molecule has 1 rings (SSSR count). The van der Waals surface area contributed by atoms with Crippen LogP contribution in [0.25, 0.3) is 0 Å². The lowest BCUT2D eigenvalue weighted by molar-refractivity contribution is -0.139. The van der Waals surface area contributed by atoms with E-state index in [1.807, 2.05) is 0 Å². The molecule has 0 aromatic heterocycles. The van der Waals surface area contributed by atoms with E-state index in [-0.39, 0.29) is 12.0 Å². The second-order valence-corrected chi connectivity index (χ2v) is 3.50. The van der Waals surface area contributed by atoms with E-state index in [4.69, 9.17) is 0 Å². The van der Waals surface area contributed by atoms with Gasteiger partial charge in [-0.15, -0.1) is 0 Å². The maximum Gasteiger partial charge on any atom is 0.310 e. The van der Waals surface area contributed by atoms with E-state index in [0.717, 1.165) is 6.07 Å². The fourth-order valence-corrected chi connectivity index (χ4v) is 1.47. The Bertz CT molecular complexity index is 380. The molecule has 15 heavy (non-hydrogen) atoms. The van der Waals surface area contributed by atoms with Crippen LogP contribution in [0.1, 0.15) is 11.1 Å². The van der Waals surface area contributed by atoms with Crippen LogP contribution >= 0.6 is 15.9 Å². The van der Waals surface area contributed by atoms with Gasteiger partial charge in [0, 0.05) is 10.9 Å². The van der Waals surface area contributed by atoms with Crippen molar-refractivity contribution < 1.29 is 18.3 Å². The molecule has 1 aromatic rings. The molecule has 0 unspecified atom stereocenters. The van der Waals surface area contributed by atoms with E-state index in [1.165, 1.54) is 13.2 Å². The monoisotopic (exact) mass is 278 g/mol. The minimum Gasteiger partial charge on any atom is -0.469 e. The Kier molecular flexibility index (Phi) is 4.20. The van der Waals surface area contributed by atoms with Gasteiger partial charge in [-0.2, -0.15) is 0 Å². The van der Waals surface area contributed by atoms with Gasteiger partial charge in [0.25, 0.3) is 0 Å². The minimum absolute atomic E-state index is 0.0105. The maximum atomic E-state index is 13.2. The molecule has 0 heterocycles. The van der Waals surface area contributed by atoms with Crippen molar-refractivity contribution in [3.8, 4) is 0 Å². The van der Waals surface area contributed by atoms with E-state index >= 15 is 0 Å². The Labute approximate surface area is 94.4 Å². The van der Waals surface area contributed by atoms with Crippen LogP contribution in [0.2, 0.25) is 0 Å². The number of rotatable bonds is 3. The normalized spacial score (nSPS) is 10.1. The summed E-state index contributed by atoms with van der Waals surface area (Å²) in [5, 5.41) is 0.401. The number of methoxy groups -OCH3 is 1. The highest BCUT2D eigenvalue weighted by Gasteiger charge is 2.13. The van der Waals surface area contributed by atoms with E-state index in [2.05, 4.69) is 20.7 Å². The predicted octanol–water partition coefficient (Wildman–Crippen LogP) is 2.58. The summed E-state index contributed by atoms with van der Waals surface area (Å²) in [4.78, 5) is 10.9. The topological polar surface area (TPSA) is 26.3 Å². The molecule has 5 heteroatoms. The fraction of sp³-hybridized carbons (Fsp3) is 0.300. The van der Waals surface area contributed by atoms with Crippen LogP contribution in [-0.2, 0) is 21.3 Å². The zero-order valence-corrected chi connectivity index (χ0v) is 9.61. The molecule has 0 aliphatic carbocycles. The number of carbonyl (C=O) groups excluding carboxylic acids is 1. The van der Waals surface area contributed by atoms with Gasteiger partial charge in [-0.3, -0.25) is 4.79 Å². The van der Waals surface area contributed by atoms with Crippen molar-refractivity contribution >= 4 is 21.9 Å². The van der Waals surface area contributed by atoms with Crippen LogP contribution in [0, 0.1) is 11.6 Å². The molecule has 0 saturated heterocycles. The van der Waals surface area contributed by atoms with Crippen LogP contribution in [0.3, 0.4) is 0 Å². The summed E-state index contributed by atoms with van der Waals surface area (Å²) in [6, 6.07) is 2.52. The molecule has 2 nitrogen and oxygen atoms in total. The van der Waals surface area contributed by atoms with Crippen LogP contribution in [0.4, 0.5) is 8.78 Å². The zero-order chi connectivity index (χ0) is 11.4. The second kappa shape index (κ2) is 5.21. The first-order valence-electron chi connectivity index (χ1n) is 4.18. The largest absolute Gasteiger partial charge is 0.469 e. The number of ether oxygens (including phenoxy) is 1. The Balaban J connectivity index is 3.05. The number of alkyl halides is 1. The van der Waals surface area contributed by atoms with Crippen molar-refractivity contribution in [3.05, 3.63) is 34.9 Å². The van der Waals surface area contributed by atoms with Crippen LogP contribution in [0.15, 0.2) is 12.1 Å². The number of hydrogen-bond donors (Lipinski definition) is 0. The molecule has 0 amide bonds. The number of halogens is 3. The molecule has 0 aliphatic rings. The summed E-state index contributed by atoms with van der Waals surface area (Å²) in [5.41, 5.74) is 0.587. The Hall–Kier alpha value is -0.970. The van der Waals surface area contributed by atoms with Gasteiger partial charge in [-0.25, -0.2) is 8.78 Å². The van der Waals surface area contributed by atoms with Crippen molar-refractivity contribution in [2.45, 2.75) is 11.8 Å². The third-order valence-electron chi connectivity index (χ3n) is 1.88. The third kappa shape index (κ3) is 2.99. The van der Waals surface area contributed by atoms with Gasteiger partial charge in [-0.1, -0.05) is 22.0 Å². The maximum absolute atomic E-state index is 13.2. The molecule has 0 spiro atoms. The lowest BCUT2D eigenvalue weighted by Crippen LogP contribution is -2.07. The van der Waals surface area contributed by atoms with Gasteiger partial charge in [0.05, 0.1) is 13.5 Å². The highest BCUT2D eigenvalue weighted by atomic mass is 79.9. The molecule has 0 radical (unpaired) electrons. The van der Waals surface area contributed by atoms with Crippen LogP contribution in [0.5, 0.6) is 0 Å². The summed E-state index contributed by atoms with van der Waals surface area (Å²) in [7, 11) is 1.20. The first-order valence-corrected chi connectivity index (χ1v) is 5.30. The first kappa shape index (κ1) is 12.1. The minimum atomic E-state index is -0.995. The molecule has 0 atom stereocenters.